The van der Waals surface area contributed by atoms with E-state index in [0.29, 0.717) is 32.2 Å². The van der Waals surface area contributed by atoms with Crippen molar-refractivity contribution in [3.63, 3.8) is 0 Å². The highest BCUT2D eigenvalue weighted by atomic mass is 16.5. The molecule has 1 saturated carbocycles. The molecule has 0 aromatic heterocycles. The van der Waals surface area contributed by atoms with E-state index in [4.69, 9.17) is 0 Å². The number of rotatable bonds is 5. The lowest BCUT2D eigenvalue weighted by Crippen LogP contribution is -2.51. The number of carbonyl (C=O) groups excluding carboxylic acids is 2. The van der Waals surface area contributed by atoms with Gasteiger partial charge >= 0.3 is 5.97 Å². The van der Waals surface area contributed by atoms with Gasteiger partial charge in [0.05, 0.1) is 20.2 Å². The summed E-state index contributed by atoms with van der Waals surface area (Å²) in [6.45, 7) is 3.64. The molecule has 0 aromatic carbocycles. The zero-order chi connectivity index (χ0) is 13.0. The Bertz CT molecular complexity index is 310. The third-order valence-electron chi connectivity index (χ3n) is 3.42. The summed E-state index contributed by atoms with van der Waals surface area (Å²) in [6.07, 6.45) is 2.39. The minimum Gasteiger partial charge on any atom is -0.468 e. The number of nitrogens with one attached hydrogen (secondary N) is 1. The van der Waals surface area contributed by atoms with Gasteiger partial charge in [0, 0.05) is 32.2 Å². The van der Waals surface area contributed by atoms with Gasteiger partial charge in [0.25, 0.3) is 0 Å². The first kappa shape index (κ1) is 13.3. The first-order valence-electron chi connectivity index (χ1n) is 6.49. The topological polar surface area (TPSA) is 61.9 Å². The average Bonchev–Trinajstić information content (AvgIpc) is 3.20. The van der Waals surface area contributed by atoms with Gasteiger partial charge in [-0.15, -0.1) is 0 Å². The van der Waals surface area contributed by atoms with Crippen LogP contribution < -0.4 is 5.32 Å². The number of esters is 1. The molecule has 0 unspecified atom stereocenters. The Hall–Kier alpha value is -1.14. The second-order valence-electron chi connectivity index (χ2n) is 4.89. The van der Waals surface area contributed by atoms with Crippen LogP contribution in [-0.2, 0) is 14.3 Å². The van der Waals surface area contributed by atoms with Gasteiger partial charge in [-0.25, -0.2) is 0 Å². The Kier molecular flexibility index (Phi) is 4.54. The van der Waals surface area contributed by atoms with Crippen LogP contribution in [0.25, 0.3) is 0 Å². The minimum atomic E-state index is -0.217. The molecule has 1 aliphatic heterocycles. The molecule has 2 fully saturated rings. The van der Waals surface area contributed by atoms with Crippen LogP contribution in [0, 0.1) is 0 Å². The van der Waals surface area contributed by atoms with Crippen molar-refractivity contribution in [2.24, 2.45) is 0 Å². The number of ether oxygens (including phenoxy) is 1. The van der Waals surface area contributed by atoms with E-state index in [2.05, 4.69) is 10.1 Å². The van der Waals surface area contributed by atoms with Gasteiger partial charge in [-0.05, 0) is 12.8 Å². The lowest BCUT2D eigenvalue weighted by molar-refractivity contribution is -0.142. The van der Waals surface area contributed by atoms with Crippen molar-refractivity contribution < 1.29 is 14.3 Å². The van der Waals surface area contributed by atoms with Crippen LogP contribution in [0.1, 0.15) is 12.8 Å². The van der Waals surface area contributed by atoms with Gasteiger partial charge in [0.2, 0.25) is 5.91 Å². The molecule has 2 rings (SSSR count). The number of carbonyl (C=O) groups is 2. The maximum absolute atomic E-state index is 11.9. The van der Waals surface area contributed by atoms with Crippen LogP contribution in [0.5, 0.6) is 0 Å². The molecule has 0 radical (unpaired) electrons. The fourth-order valence-electron chi connectivity index (χ4n) is 2.03. The predicted molar refractivity (Wildman–Crippen MR) is 66.1 cm³/mol. The third kappa shape index (κ3) is 3.96. The molecule has 6 heteroatoms. The molecule has 1 aliphatic carbocycles. The van der Waals surface area contributed by atoms with E-state index in [-0.39, 0.29) is 11.9 Å². The molecule has 2 aliphatic rings. The molecule has 102 valence electrons. The third-order valence-corrected chi connectivity index (χ3v) is 3.42. The van der Waals surface area contributed by atoms with Gasteiger partial charge in [-0.1, -0.05) is 0 Å². The maximum atomic E-state index is 11.9. The lowest BCUT2D eigenvalue weighted by Gasteiger charge is -2.34. The fourth-order valence-corrected chi connectivity index (χ4v) is 2.03. The molecule has 6 nitrogen and oxygen atoms in total. The fraction of sp³-hybridized carbons (Fsp3) is 0.833. The molecule has 1 saturated heterocycles. The van der Waals surface area contributed by atoms with Crippen molar-refractivity contribution in [3.05, 3.63) is 0 Å². The molecular weight excluding hydrogens is 234 g/mol. The van der Waals surface area contributed by atoms with Crippen LogP contribution in [-0.4, -0.2) is 74.1 Å². The van der Waals surface area contributed by atoms with Crippen molar-refractivity contribution in [2.45, 2.75) is 18.9 Å². The molecule has 1 heterocycles. The highest BCUT2D eigenvalue weighted by Gasteiger charge is 2.25. The smallest absolute Gasteiger partial charge is 0.319 e. The standard InChI is InChI=1S/C12H21N3O3/c1-18-12(17)9-14-4-6-15(7-5-14)11(16)8-13-10-2-3-10/h10,13H,2-9H2,1H3. The van der Waals surface area contributed by atoms with E-state index in [0.717, 1.165) is 13.1 Å². The quantitative estimate of drug-likeness (QED) is 0.642. The largest absolute Gasteiger partial charge is 0.468 e. The van der Waals surface area contributed by atoms with E-state index in [1.54, 1.807) is 0 Å². The summed E-state index contributed by atoms with van der Waals surface area (Å²) in [5.74, 6) is -0.0511. The van der Waals surface area contributed by atoms with Crippen LogP contribution in [0.3, 0.4) is 0 Å². The van der Waals surface area contributed by atoms with Crippen LogP contribution in [0.4, 0.5) is 0 Å². The monoisotopic (exact) mass is 255 g/mol. The molecule has 0 aromatic rings. The summed E-state index contributed by atoms with van der Waals surface area (Å²) in [5, 5.41) is 3.23. The number of hydrogen-bond donors (Lipinski definition) is 1. The Morgan fingerprint density at radius 1 is 1.22 bits per heavy atom. The molecule has 0 spiro atoms. The Labute approximate surface area is 107 Å². The van der Waals surface area contributed by atoms with Crippen LogP contribution in [0.2, 0.25) is 0 Å². The number of hydrogen-bond acceptors (Lipinski definition) is 5. The first-order chi connectivity index (χ1) is 8.69. The van der Waals surface area contributed by atoms with Crippen molar-refractivity contribution in [2.75, 3.05) is 46.4 Å². The van der Waals surface area contributed by atoms with E-state index in [9.17, 15) is 9.59 Å². The SMILES string of the molecule is COC(=O)CN1CCN(C(=O)CNC2CC2)CC1. The van der Waals surface area contributed by atoms with Gasteiger partial charge in [-0.3, -0.25) is 14.5 Å². The molecule has 1 N–H and O–H groups in total. The summed E-state index contributed by atoms with van der Waals surface area (Å²) in [5.41, 5.74) is 0. The predicted octanol–water partition coefficient (Wildman–Crippen LogP) is -0.944. The number of methoxy groups -OCH3 is 1. The second kappa shape index (κ2) is 6.15. The van der Waals surface area contributed by atoms with Crippen LogP contribution in [0.15, 0.2) is 0 Å². The van der Waals surface area contributed by atoms with Gasteiger partial charge in [-0.2, -0.15) is 0 Å². The van der Waals surface area contributed by atoms with Crippen LogP contribution >= 0.6 is 0 Å². The molecule has 0 bridgehead atoms. The molecule has 1 amide bonds. The second-order valence-corrected chi connectivity index (χ2v) is 4.89. The number of nitrogens with zero attached hydrogens (tertiary/aromatic N) is 2. The van der Waals surface area contributed by atoms with E-state index < -0.39 is 0 Å². The Morgan fingerprint density at radius 2 is 1.89 bits per heavy atom. The molecular formula is C12H21N3O3. The highest BCUT2D eigenvalue weighted by molar-refractivity contribution is 5.78. The number of amides is 1. The van der Waals surface area contributed by atoms with Crippen molar-refractivity contribution in [1.29, 1.82) is 0 Å². The lowest BCUT2D eigenvalue weighted by atomic mass is 10.3. The van der Waals surface area contributed by atoms with E-state index in [1.807, 2.05) is 9.80 Å². The van der Waals surface area contributed by atoms with E-state index in [1.165, 1.54) is 20.0 Å². The maximum Gasteiger partial charge on any atom is 0.319 e. The minimum absolute atomic E-state index is 0.166. The van der Waals surface area contributed by atoms with Crippen molar-refractivity contribution in [1.82, 2.24) is 15.1 Å². The summed E-state index contributed by atoms with van der Waals surface area (Å²) in [4.78, 5) is 26.9. The molecule has 18 heavy (non-hydrogen) atoms. The zero-order valence-corrected chi connectivity index (χ0v) is 10.9. The van der Waals surface area contributed by atoms with Crippen molar-refractivity contribution >= 4 is 11.9 Å². The number of piperazine rings is 1. The summed E-state index contributed by atoms with van der Waals surface area (Å²) < 4.78 is 4.63. The van der Waals surface area contributed by atoms with Gasteiger partial charge < -0.3 is 15.0 Å². The zero-order valence-electron chi connectivity index (χ0n) is 10.9. The molecule has 0 atom stereocenters. The van der Waals surface area contributed by atoms with Crippen molar-refractivity contribution in [3.8, 4) is 0 Å². The first-order valence-corrected chi connectivity index (χ1v) is 6.49. The Morgan fingerprint density at radius 3 is 2.44 bits per heavy atom. The summed E-state index contributed by atoms with van der Waals surface area (Å²) in [7, 11) is 1.39. The summed E-state index contributed by atoms with van der Waals surface area (Å²) in [6, 6.07) is 0.564. The highest BCUT2D eigenvalue weighted by Crippen LogP contribution is 2.18. The average molecular weight is 255 g/mol. The van der Waals surface area contributed by atoms with E-state index >= 15 is 0 Å². The normalized spacial score (nSPS) is 20.8. The van der Waals surface area contributed by atoms with Gasteiger partial charge in [0.15, 0.2) is 0 Å². The Balaban J connectivity index is 1.65. The van der Waals surface area contributed by atoms with Gasteiger partial charge in [0.1, 0.15) is 0 Å². The summed E-state index contributed by atoms with van der Waals surface area (Å²) >= 11 is 0.